The Morgan fingerprint density at radius 2 is 1.43 bits per heavy atom. The van der Waals surface area contributed by atoms with Crippen molar-refractivity contribution in [2.75, 3.05) is 0 Å². The summed E-state index contributed by atoms with van der Waals surface area (Å²) >= 11 is 0. The van der Waals surface area contributed by atoms with E-state index in [1.165, 1.54) is 0 Å². The Labute approximate surface area is 120 Å². The second-order valence-corrected chi connectivity index (χ2v) is 4.63. The maximum Gasteiger partial charge on any atom is 0.140 e. The van der Waals surface area contributed by atoms with Gasteiger partial charge in [0.1, 0.15) is 17.1 Å². The van der Waals surface area contributed by atoms with Crippen molar-refractivity contribution in [3.8, 4) is 22.6 Å². The largest absolute Gasteiger partial charge is 0.252 e. The summed E-state index contributed by atoms with van der Waals surface area (Å²) in [5, 5.41) is 11.1. The minimum absolute atomic E-state index is 0.708. The standard InChI is InChI=1S/C16H11N5/c1-2-6-11(7-3-1)15-16(20-21-19-15)14-10-17-12-8-4-5-9-13(12)18-14/h1-10H,(H,19,20,21). The van der Waals surface area contributed by atoms with E-state index in [1.807, 2.05) is 54.6 Å². The van der Waals surface area contributed by atoms with Crippen LogP contribution in [0, 0.1) is 0 Å². The summed E-state index contributed by atoms with van der Waals surface area (Å²) in [7, 11) is 0. The van der Waals surface area contributed by atoms with E-state index in [2.05, 4.69) is 25.4 Å². The molecule has 100 valence electrons. The summed E-state index contributed by atoms with van der Waals surface area (Å²) in [6.07, 6.45) is 1.73. The molecule has 0 bridgehead atoms. The van der Waals surface area contributed by atoms with Crippen LogP contribution in [0.3, 0.4) is 0 Å². The van der Waals surface area contributed by atoms with E-state index in [4.69, 9.17) is 0 Å². The number of nitrogens with zero attached hydrogens (tertiary/aromatic N) is 4. The van der Waals surface area contributed by atoms with Gasteiger partial charge in [-0.25, -0.2) is 4.98 Å². The maximum absolute atomic E-state index is 4.62. The number of hydrogen-bond donors (Lipinski definition) is 1. The molecule has 0 saturated heterocycles. The molecule has 21 heavy (non-hydrogen) atoms. The fourth-order valence-electron chi connectivity index (χ4n) is 2.28. The summed E-state index contributed by atoms with van der Waals surface area (Å²) in [5.41, 5.74) is 4.90. The van der Waals surface area contributed by atoms with Gasteiger partial charge < -0.3 is 0 Å². The number of para-hydroxylation sites is 2. The van der Waals surface area contributed by atoms with Crippen LogP contribution in [0.5, 0.6) is 0 Å². The molecule has 0 aliphatic carbocycles. The Morgan fingerprint density at radius 1 is 0.714 bits per heavy atom. The first-order valence-electron chi connectivity index (χ1n) is 6.60. The Balaban J connectivity index is 1.88. The Bertz CT molecular complexity index is 899. The summed E-state index contributed by atoms with van der Waals surface area (Å²) in [6, 6.07) is 17.7. The monoisotopic (exact) mass is 273 g/mol. The van der Waals surface area contributed by atoms with E-state index in [-0.39, 0.29) is 0 Å². The Hall–Kier alpha value is -3.08. The number of nitrogens with one attached hydrogen (secondary N) is 1. The van der Waals surface area contributed by atoms with Crippen molar-refractivity contribution in [1.29, 1.82) is 0 Å². The zero-order valence-corrected chi connectivity index (χ0v) is 11.1. The van der Waals surface area contributed by atoms with Crippen LogP contribution in [0.15, 0.2) is 60.8 Å². The molecular weight excluding hydrogens is 262 g/mol. The molecule has 0 unspecified atom stereocenters. The van der Waals surface area contributed by atoms with Gasteiger partial charge in [-0.2, -0.15) is 15.4 Å². The van der Waals surface area contributed by atoms with Crippen molar-refractivity contribution < 1.29 is 0 Å². The lowest BCUT2D eigenvalue weighted by molar-refractivity contribution is 0.942. The molecule has 5 heteroatoms. The van der Waals surface area contributed by atoms with Gasteiger partial charge in [0.05, 0.1) is 17.2 Å². The van der Waals surface area contributed by atoms with E-state index >= 15 is 0 Å². The van der Waals surface area contributed by atoms with E-state index < -0.39 is 0 Å². The van der Waals surface area contributed by atoms with Crippen molar-refractivity contribution in [3.05, 3.63) is 60.8 Å². The highest BCUT2D eigenvalue weighted by Gasteiger charge is 2.14. The number of hydrogen-bond acceptors (Lipinski definition) is 4. The molecule has 2 aromatic carbocycles. The first kappa shape index (κ1) is 11.7. The number of aromatic nitrogens is 5. The molecule has 0 aliphatic rings. The van der Waals surface area contributed by atoms with Crippen molar-refractivity contribution in [3.63, 3.8) is 0 Å². The zero-order chi connectivity index (χ0) is 14.1. The molecule has 5 nitrogen and oxygen atoms in total. The van der Waals surface area contributed by atoms with Gasteiger partial charge in [0, 0.05) is 5.56 Å². The average Bonchev–Trinajstić information content (AvgIpc) is 3.05. The highest BCUT2D eigenvalue weighted by molar-refractivity contribution is 5.80. The van der Waals surface area contributed by atoms with Crippen molar-refractivity contribution >= 4 is 11.0 Å². The molecule has 0 radical (unpaired) electrons. The molecular formula is C16H11N5. The second-order valence-electron chi connectivity index (χ2n) is 4.63. The highest BCUT2D eigenvalue weighted by atomic mass is 15.3. The van der Waals surface area contributed by atoms with Crippen LogP contribution in [0.2, 0.25) is 0 Å². The number of benzene rings is 2. The van der Waals surface area contributed by atoms with Gasteiger partial charge in [-0.05, 0) is 12.1 Å². The van der Waals surface area contributed by atoms with Gasteiger partial charge in [-0.15, -0.1) is 0 Å². The summed E-state index contributed by atoms with van der Waals surface area (Å²) in [4.78, 5) is 9.05. The minimum atomic E-state index is 0.708. The van der Waals surface area contributed by atoms with E-state index in [0.717, 1.165) is 22.3 Å². The fourth-order valence-corrected chi connectivity index (χ4v) is 2.28. The molecule has 0 saturated carbocycles. The van der Waals surface area contributed by atoms with Crippen LogP contribution in [-0.4, -0.2) is 25.4 Å². The van der Waals surface area contributed by atoms with E-state index in [0.29, 0.717) is 11.4 Å². The lowest BCUT2D eigenvalue weighted by Gasteiger charge is -2.02. The first-order chi connectivity index (χ1) is 10.4. The molecule has 2 aromatic heterocycles. The van der Waals surface area contributed by atoms with Crippen LogP contribution in [0.1, 0.15) is 0 Å². The third-order valence-electron chi connectivity index (χ3n) is 3.29. The smallest absolute Gasteiger partial charge is 0.140 e. The number of aromatic amines is 1. The zero-order valence-electron chi connectivity index (χ0n) is 11.1. The van der Waals surface area contributed by atoms with Gasteiger partial charge in [0.15, 0.2) is 0 Å². The molecule has 0 atom stereocenters. The average molecular weight is 273 g/mol. The van der Waals surface area contributed by atoms with Crippen LogP contribution >= 0.6 is 0 Å². The molecule has 2 heterocycles. The van der Waals surface area contributed by atoms with Gasteiger partial charge in [-0.1, -0.05) is 42.5 Å². The predicted molar refractivity (Wildman–Crippen MR) is 80.4 cm³/mol. The fraction of sp³-hybridized carbons (Fsp3) is 0. The topological polar surface area (TPSA) is 67.3 Å². The number of rotatable bonds is 2. The van der Waals surface area contributed by atoms with Crippen LogP contribution in [0.4, 0.5) is 0 Å². The van der Waals surface area contributed by atoms with Crippen molar-refractivity contribution in [2.45, 2.75) is 0 Å². The summed E-state index contributed by atoms with van der Waals surface area (Å²) < 4.78 is 0. The SMILES string of the molecule is c1ccc(-c2n[nH]nc2-c2cnc3ccccc3n2)cc1. The molecule has 4 rings (SSSR count). The second kappa shape index (κ2) is 4.79. The van der Waals surface area contributed by atoms with Crippen molar-refractivity contribution in [2.24, 2.45) is 0 Å². The third kappa shape index (κ3) is 2.04. The molecule has 0 spiro atoms. The lowest BCUT2D eigenvalue weighted by Crippen LogP contribution is -1.90. The molecule has 1 N–H and O–H groups in total. The third-order valence-corrected chi connectivity index (χ3v) is 3.29. The van der Waals surface area contributed by atoms with Crippen LogP contribution in [-0.2, 0) is 0 Å². The molecule has 0 aliphatic heterocycles. The van der Waals surface area contributed by atoms with Crippen molar-refractivity contribution in [1.82, 2.24) is 25.4 Å². The minimum Gasteiger partial charge on any atom is -0.252 e. The summed E-state index contributed by atoms with van der Waals surface area (Å²) in [5.74, 6) is 0. The number of fused-ring (bicyclic) bond motifs is 1. The quantitative estimate of drug-likeness (QED) is 0.609. The highest BCUT2D eigenvalue weighted by Crippen LogP contribution is 2.27. The van der Waals surface area contributed by atoms with E-state index in [9.17, 15) is 0 Å². The Kier molecular flexibility index (Phi) is 2.67. The van der Waals surface area contributed by atoms with Gasteiger partial charge in [0.2, 0.25) is 0 Å². The number of H-pyrrole nitrogens is 1. The molecule has 0 fully saturated rings. The predicted octanol–water partition coefficient (Wildman–Crippen LogP) is 3.08. The lowest BCUT2D eigenvalue weighted by atomic mass is 10.1. The van der Waals surface area contributed by atoms with E-state index in [1.54, 1.807) is 6.20 Å². The molecule has 4 aromatic rings. The maximum atomic E-state index is 4.62. The summed E-state index contributed by atoms with van der Waals surface area (Å²) in [6.45, 7) is 0. The first-order valence-corrected chi connectivity index (χ1v) is 6.60. The van der Waals surface area contributed by atoms with Crippen LogP contribution < -0.4 is 0 Å². The van der Waals surface area contributed by atoms with Gasteiger partial charge >= 0.3 is 0 Å². The normalized spacial score (nSPS) is 10.9. The van der Waals surface area contributed by atoms with Gasteiger partial charge in [-0.3, -0.25) is 4.98 Å². The molecule has 0 amide bonds. The van der Waals surface area contributed by atoms with Gasteiger partial charge in [0.25, 0.3) is 0 Å². The Morgan fingerprint density at radius 3 is 2.29 bits per heavy atom. The van der Waals surface area contributed by atoms with Crippen LogP contribution in [0.25, 0.3) is 33.7 Å².